The summed E-state index contributed by atoms with van der Waals surface area (Å²) in [6, 6.07) is 43.8. The highest BCUT2D eigenvalue weighted by Gasteiger charge is 2.47. The molecule has 132 valence electrons. The highest BCUT2D eigenvalue weighted by atomic mass is 35.5. The lowest BCUT2D eigenvalue weighted by Gasteiger charge is -2.27. The van der Waals surface area contributed by atoms with E-state index in [9.17, 15) is 0 Å². The molecule has 0 amide bonds. The molecule has 0 aliphatic heterocycles. The first kappa shape index (κ1) is 21.7. The summed E-state index contributed by atoms with van der Waals surface area (Å²) < 4.78 is 0. The van der Waals surface area contributed by atoms with E-state index in [1.165, 1.54) is 21.2 Å². The van der Waals surface area contributed by atoms with Crippen LogP contribution in [0.15, 0.2) is 121 Å². The standard InChI is InChI=1S/C24H20P.ClH.Mg.2H/c1-5-13-21(14-6-1)25(22-15-7-2-8-16-22,23-17-9-3-10-18-23)24-19-11-4-12-20-24;;;;/h1-20H;1H;;;/q+1;;;;/p-1. The molecule has 4 aromatic carbocycles. The first-order chi connectivity index (χ1) is 12.4. The fraction of sp³-hybridized carbons (Fsp3) is 0. The number of hydrogen-bond donors (Lipinski definition) is 0. The van der Waals surface area contributed by atoms with E-state index < -0.39 is 7.26 Å². The molecule has 0 unspecified atom stereocenters. The molecule has 3 heteroatoms. The Balaban J connectivity index is 0.00000131. The van der Waals surface area contributed by atoms with Crippen LogP contribution in [0.4, 0.5) is 0 Å². The van der Waals surface area contributed by atoms with Crippen molar-refractivity contribution in [3.05, 3.63) is 121 Å². The van der Waals surface area contributed by atoms with Gasteiger partial charge in [0.2, 0.25) is 0 Å². The van der Waals surface area contributed by atoms with Crippen molar-refractivity contribution in [3.8, 4) is 0 Å². The van der Waals surface area contributed by atoms with E-state index in [4.69, 9.17) is 0 Å². The lowest BCUT2D eigenvalue weighted by atomic mass is 10.3. The van der Waals surface area contributed by atoms with Gasteiger partial charge in [-0.3, -0.25) is 0 Å². The summed E-state index contributed by atoms with van der Waals surface area (Å²) in [5.74, 6) is 0. The molecular weight excluding hydrogens is 379 g/mol. The Morgan fingerprint density at radius 3 is 0.704 bits per heavy atom. The van der Waals surface area contributed by atoms with Gasteiger partial charge in [0.1, 0.15) is 28.5 Å². The average molecular weight is 401 g/mol. The first-order valence-electron chi connectivity index (χ1n) is 8.54. The number of hydrogen-bond acceptors (Lipinski definition) is 0. The van der Waals surface area contributed by atoms with Gasteiger partial charge in [-0.05, 0) is 48.5 Å². The third-order valence-electron chi connectivity index (χ3n) is 4.57. The molecule has 27 heavy (non-hydrogen) atoms. The molecule has 0 spiro atoms. The fourth-order valence-electron chi connectivity index (χ4n) is 3.50. The second kappa shape index (κ2) is 10.1. The van der Waals surface area contributed by atoms with E-state index in [-0.39, 0.29) is 35.5 Å². The van der Waals surface area contributed by atoms with Gasteiger partial charge in [-0.25, -0.2) is 0 Å². The van der Waals surface area contributed by atoms with Gasteiger partial charge in [0.05, 0.1) is 0 Å². The van der Waals surface area contributed by atoms with E-state index in [2.05, 4.69) is 121 Å². The largest absolute Gasteiger partial charge is 1.00 e. The molecule has 0 bridgehead atoms. The van der Waals surface area contributed by atoms with Crippen molar-refractivity contribution in [3.63, 3.8) is 0 Å². The molecule has 0 nitrogen and oxygen atoms in total. The Labute approximate surface area is 184 Å². The SMILES string of the molecule is [Cl-].[MgH2].c1ccc([P+](c2ccccc2)(c2ccccc2)c2ccccc2)cc1. The maximum absolute atomic E-state index is 2.28. The molecule has 0 heterocycles. The number of rotatable bonds is 4. The van der Waals surface area contributed by atoms with Crippen molar-refractivity contribution in [1.82, 2.24) is 0 Å². The van der Waals surface area contributed by atoms with Crippen molar-refractivity contribution in [2.45, 2.75) is 0 Å². The highest BCUT2D eigenvalue weighted by molar-refractivity contribution is 8.01. The molecule has 0 aliphatic carbocycles. The second-order valence-electron chi connectivity index (χ2n) is 6.01. The number of halogens is 1. The number of benzene rings is 4. The third-order valence-corrected chi connectivity index (χ3v) is 8.86. The van der Waals surface area contributed by atoms with Gasteiger partial charge in [0, 0.05) is 0 Å². The molecule has 0 fully saturated rings. The maximum atomic E-state index is 2.28. The van der Waals surface area contributed by atoms with E-state index in [1.807, 2.05) is 0 Å². The molecule has 0 N–H and O–H groups in total. The second-order valence-corrected chi connectivity index (χ2v) is 9.42. The normalized spacial score (nSPS) is 10.4. The van der Waals surface area contributed by atoms with Gasteiger partial charge in [0.15, 0.2) is 0 Å². The van der Waals surface area contributed by atoms with Gasteiger partial charge in [-0.1, -0.05) is 72.8 Å². The van der Waals surface area contributed by atoms with Gasteiger partial charge < -0.3 is 12.4 Å². The molecule has 4 aromatic rings. The summed E-state index contributed by atoms with van der Waals surface area (Å²) in [7, 11) is -1.91. The summed E-state index contributed by atoms with van der Waals surface area (Å²) in [4.78, 5) is 0. The zero-order chi connectivity index (χ0) is 17.0. The minimum Gasteiger partial charge on any atom is -1.00 e. The van der Waals surface area contributed by atoms with Gasteiger partial charge in [-0.15, -0.1) is 0 Å². The van der Waals surface area contributed by atoms with Gasteiger partial charge in [0.25, 0.3) is 0 Å². The van der Waals surface area contributed by atoms with Crippen molar-refractivity contribution in [1.29, 1.82) is 0 Å². The van der Waals surface area contributed by atoms with Crippen LogP contribution < -0.4 is 33.6 Å². The molecule has 0 saturated carbocycles. The predicted octanol–water partition coefficient (Wildman–Crippen LogP) is 0.394. The monoisotopic (exact) mass is 400 g/mol. The maximum Gasteiger partial charge on any atom is 0.316 e. The fourth-order valence-corrected chi connectivity index (χ4v) is 7.77. The predicted molar refractivity (Wildman–Crippen MR) is 120 cm³/mol. The van der Waals surface area contributed by atoms with Crippen LogP contribution in [-0.4, -0.2) is 23.1 Å². The van der Waals surface area contributed by atoms with Crippen LogP contribution in [0, 0.1) is 0 Å². The lowest BCUT2D eigenvalue weighted by molar-refractivity contribution is -0.00000490. The van der Waals surface area contributed by atoms with Crippen molar-refractivity contribution in [2.24, 2.45) is 0 Å². The lowest BCUT2D eigenvalue weighted by Crippen LogP contribution is -3.00. The Morgan fingerprint density at radius 2 is 0.519 bits per heavy atom. The van der Waals surface area contributed by atoms with E-state index in [0.717, 1.165) is 0 Å². The Kier molecular flexibility index (Phi) is 8.07. The molecule has 0 radical (unpaired) electrons. The van der Waals surface area contributed by atoms with Gasteiger partial charge in [-0.2, -0.15) is 0 Å². The topological polar surface area (TPSA) is 0 Å². The summed E-state index contributed by atoms with van der Waals surface area (Å²) in [6.45, 7) is 0. The quantitative estimate of drug-likeness (QED) is 0.343. The van der Waals surface area contributed by atoms with Crippen molar-refractivity contribution < 1.29 is 12.4 Å². The van der Waals surface area contributed by atoms with Gasteiger partial charge >= 0.3 is 23.1 Å². The van der Waals surface area contributed by atoms with E-state index >= 15 is 0 Å². The van der Waals surface area contributed by atoms with E-state index in [1.54, 1.807) is 0 Å². The first-order valence-corrected chi connectivity index (χ1v) is 10.3. The van der Waals surface area contributed by atoms with Crippen LogP contribution in [0.2, 0.25) is 0 Å². The molecule has 4 rings (SSSR count). The summed E-state index contributed by atoms with van der Waals surface area (Å²) >= 11 is 0. The third kappa shape index (κ3) is 4.12. The Morgan fingerprint density at radius 1 is 0.333 bits per heavy atom. The molecule has 0 atom stereocenters. The summed E-state index contributed by atoms with van der Waals surface area (Å²) in [5.41, 5.74) is 0. The molecule has 0 aromatic heterocycles. The summed E-state index contributed by atoms with van der Waals surface area (Å²) in [6.07, 6.45) is 0. The van der Waals surface area contributed by atoms with E-state index in [0.29, 0.717) is 0 Å². The van der Waals surface area contributed by atoms with Crippen molar-refractivity contribution in [2.75, 3.05) is 0 Å². The Bertz CT molecular complexity index is 765. The summed E-state index contributed by atoms with van der Waals surface area (Å²) in [5, 5.41) is 5.55. The van der Waals surface area contributed by atoms with Crippen molar-refractivity contribution >= 4 is 51.5 Å². The molecule has 0 aliphatic rings. The zero-order valence-corrected chi connectivity index (χ0v) is 16.0. The van der Waals surface area contributed by atoms with Crippen LogP contribution in [0.3, 0.4) is 0 Å². The molecule has 0 saturated heterocycles. The smallest absolute Gasteiger partial charge is 0.316 e. The highest BCUT2D eigenvalue weighted by Crippen LogP contribution is 2.53. The molecular formula is C24H22ClMgP. The van der Waals surface area contributed by atoms with Crippen LogP contribution in [0.25, 0.3) is 0 Å². The van der Waals surface area contributed by atoms with Crippen LogP contribution >= 0.6 is 7.26 Å². The van der Waals surface area contributed by atoms with Crippen LogP contribution in [-0.2, 0) is 0 Å². The zero-order valence-electron chi connectivity index (χ0n) is 14.4. The van der Waals surface area contributed by atoms with Crippen LogP contribution in [0.1, 0.15) is 0 Å². The Hall–Kier alpha value is -1.63. The van der Waals surface area contributed by atoms with Crippen LogP contribution in [0.5, 0.6) is 0 Å². The minimum atomic E-state index is -1.91. The minimum absolute atomic E-state index is 0. The average Bonchev–Trinajstić information content (AvgIpc) is 2.72.